The molecule has 0 unspecified atom stereocenters. The van der Waals surface area contributed by atoms with Crippen molar-refractivity contribution >= 4 is 11.8 Å². The standard InChI is InChI=1S/C10H12N2O2/c11-7-2-1-4-9-5-3-6-10(8-9)12(13)14/h1,3-6,8H,2,7,11H2/b4-1+. The van der Waals surface area contributed by atoms with Crippen LogP contribution < -0.4 is 5.73 Å². The Morgan fingerprint density at radius 2 is 2.29 bits per heavy atom. The maximum Gasteiger partial charge on any atom is 0.270 e. The van der Waals surface area contributed by atoms with Crippen molar-refractivity contribution in [1.82, 2.24) is 0 Å². The van der Waals surface area contributed by atoms with E-state index < -0.39 is 4.92 Å². The fraction of sp³-hybridized carbons (Fsp3) is 0.200. The first-order valence-electron chi connectivity index (χ1n) is 4.35. The van der Waals surface area contributed by atoms with Crippen LogP contribution in [0.1, 0.15) is 12.0 Å². The van der Waals surface area contributed by atoms with Gasteiger partial charge in [0.25, 0.3) is 5.69 Å². The van der Waals surface area contributed by atoms with E-state index in [1.165, 1.54) is 12.1 Å². The molecule has 0 saturated heterocycles. The Kier molecular flexibility index (Phi) is 3.82. The van der Waals surface area contributed by atoms with Gasteiger partial charge in [-0.2, -0.15) is 0 Å². The summed E-state index contributed by atoms with van der Waals surface area (Å²) in [7, 11) is 0. The van der Waals surface area contributed by atoms with Crippen LogP contribution >= 0.6 is 0 Å². The molecule has 0 saturated carbocycles. The van der Waals surface area contributed by atoms with Gasteiger partial charge >= 0.3 is 0 Å². The zero-order valence-corrected chi connectivity index (χ0v) is 7.72. The molecule has 0 spiro atoms. The SMILES string of the molecule is NCC/C=C/c1cccc([N+](=O)[O-])c1. The monoisotopic (exact) mass is 192 g/mol. The number of non-ortho nitro benzene ring substituents is 1. The summed E-state index contributed by atoms with van der Waals surface area (Å²) in [4.78, 5) is 10.0. The molecule has 0 aliphatic rings. The van der Waals surface area contributed by atoms with Gasteiger partial charge in [0, 0.05) is 12.1 Å². The number of nitro benzene ring substituents is 1. The van der Waals surface area contributed by atoms with Crippen LogP contribution in [0.3, 0.4) is 0 Å². The van der Waals surface area contributed by atoms with Crippen LogP contribution in [0.4, 0.5) is 5.69 Å². The van der Waals surface area contributed by atoms with Gasteiger partial charge in [-0.05, 0) is 18.5 Å². The van der Waals surface area contributed by atoms with Crippen molar-refractivity contribution in [3.8, 4) is 0 Å². The summed E-state index contributed by atoms with van der Waals surface area (Å²) in [6.45, 7) is 0.589. The Morgan fingerprint density at radius 1 is 1.50 bits per heavy atom. The molecule has 4 nitrogen and oxygen atoms in total. The summed E-state index contributed by atoms with van der Waals surface area (Å²) in [6.07, 6.45) is 4.52. The van der Waals surface area contributed by atoms with E-state index in [1.807, 2.05) is 18.2 Å². The first-order chi connectivity index (χ1) is 6.74. The zero-order valence-electron chi connectivity index (χ0n) is 7.72. The van der Waals surface area contributed by atoms with Gasteiger partial charge in [0.15, 0.2) is 0 Å². The topological polar surface area (TPSA) is 69.2 Å². The molecule has 1 rings (SSSR count). The quantitative estimate of drug-likeness (QED) is 0.585. The first kappa shape index (κ1) is 10.4. The molecule has 2 N–H and O–H groups in total. The highest BCUT2D eigenvalue weighted by Gasteiger charge is 2.02. The van der Waals surface area contributed by atoms with Crippen molar-refractivity contribution in [3.63, 3.8) is 0 Å². The molecule has 0 aliphatic carbocycles. The molecule has 1 aromatic carbocycles. The number of hydrogen-bond acceptors (Lipinski definition) is 3. The van der Waals surface area contributed by atoms with Gasteiger partial charge in [0.2, 0.25) is 0 Å². The number of nitrogens with zero attached hydrogens (tertiary/aromatic N) is 1. The molecule has 0 amide bonds. The fourth-order valence-electron chi connectivity index (χ4n) is 1.06. The van der Waals surface area contributed by atoms with E-state index in [0.29, 0.717) is 6.54 Å². The van der Waals surface area contributed by atoms with Crippen molar-refractivity contribution in [1.29, 1.82) is 0 Å². The highest BCUT2D eigenvalue weighted by molar-refractivity contribution is 5.53. The van der Waals surface area contributed by atoms with Crippen molar-refractivity contribution < 1.29 is 4.92 Å². The normalized spacial score (nSPS) is 10.6. The van der Waals surface area contributed by atoms with Crippen LogP contribution in [0, 0.1) is 10.1 Å². The summed E-state index contributed by atoms with van der Waals surface area (Å²) in [5, 5.41) is 10.4. The van der Waals surface area contributed by atoms with Gasteiger partial charge in [-0.15, -0.1) is 0 Å². The molecule has 0 aliphatic heterocycles. The summed E-state index contributed by atoms with van der Waals surface area (Å²) < 4.78 is 0. The Morgan fingerprint density at radius 3 is 2.93 bits per heavy atom. The predicted molar refractivity (Wildman–Crippen MR) is 55.8 cm³/mol. The number of nitro groups is 1. The van der Waals surface area contributed by atoms with Crippen LogP contribution in [-0.4, -0.2) is 11.5 Å². The highest BCUT2D eigenvalue weighted by Crippen LogP contribution is 2.14. The van der Waals surface area contributed by atoms with E-state index in [-0.39, 0.29) is 5.69 Å². The molecule has 74 valence electrons. The molecule has 0 fully saturated rings. The average Bonchev–Trinajstić information content (AvgIpc) is 2.19. The maximum atomic E-state index is 10.4. The van der Waals surface area contributed by atoms with Gasteiger partial charge in [0.1, 0.15) is 0 Å². The lowest BCUT2D eigenvalue weighted by Crippen LogP contribution is -1.95. The summed E-state index contributed by atoms with van der Waals surface area (Å²) >= 11 is 0. The number of nitrogens with two attached hydrogens (primary N) is 1. The van der Waals surface area contributed by atoms with Crippen LogP contribution in [0.25, 0.3) is 6.08 Å². The second-order valence-corrected chi connectivity index (χ2v) is 2.83. The fourth-order valence-corrected chi connectivity index (χ4v) is 1.06. The highest BCUT2D eigenvalue weighted by atomic mass is 16.6. The van der Waals surface area contributed by atoms with E-state index in [2.05, 4.69) is 0 Å². The molecular formula is C10H12N2O2. The molecule has 14 heavy (non-hydrogen) atoms. The molecule has 0 radical (unpaired) electrons. The van der Waals surface area contributed by atoms with Crippen LogP contribution in [0.2, 0.25) is 0 Å². The predicted octanol–water partition coefficient (Wildman–Crippen LogP) is 1.96. The van der Waals surface area contributed by atoms with Crippen molar-refractivity contribution in [2.45, 2.75) is 6.42 Å². The number of rotatable bonds is 4. The maximum absolute atomic E-state index is 10.4. The van der Waals surface area contributed by atoms with Crippen LogP contribution in [0.5, 0.6) is 0 Å². The number of benzene rings is 1. The Bertz CT molecular complexity index is 348. The van der Waals surface area contributed by atoms with E-state index in [1.54, 1.807) is 6.07 Å². The third-order valence-corrected chi connectivity index (χ3v) is 1.72. The minimum atomic E-state index is -0.403. The van der Waals surface area contributed by atoms with E-state index in [0.717, 1.165) is 12.0 Å². The average molecular weight is 192 g/mol. The largest absolute Gasteiger partial charge is 0.330 e. The minimum Gasteiger partial charge on any atom is -0.330 e. The smallest absolute Gasteiger partial charge is 0.270 e. The first-order valence-corrected chi connectivity index (χ1v) is 4.35. The number of hydrogen-bond donors (Lipinski definition) is 1. The van der Waals surface area contributed by atoms with Crippen LogP contribution in [0.15, 0.2) is 30.3 Å². The van der Waals surface area contributed by atoms with Gasteiger partial charge in [-0.25, -0.2) is 0 Å². The Balaban J connectivity index is 2.78. The third-order valence-electron chi connectivity index (χ3n) is 1.72. The van der Waals surface area contributed by atoms with Crippen molar-refractivity contribution in [3.05, 3.63) is 46.0 Å². The molecule has 0 bridgehead atoms. The Labute approximate surface area is 82.2 Å². The molecule has 0 heterocycles. The lowest BCUT2D eigenvalue weighted by molar-refractivity contribution is -0.384. The van der Waals surface area contributed by atoms with Crippen LogP contribution in [-0.2, 0) is 0 Å². The second kappa shape index (κ2) is 5.14. The van der Waals surface area contributed by atoms with Gasteiger partial charge in [0.05, 0.1) is 4.92 Å². The van der Waals surface area contributed by atoms with E-state index in [9.17, 15) is 10.1 Å². The third kappa shape index (κ3) is 2.99. The molecule has 0 atom stereocenters. The molecular weight excluding hydrogens is 180 g/mol. The molecule has 0 aromatic heterocycles. The summed E-state index contributed by atoms with van der Waals surface area (Å²) in [5.74, 6) is 0. The molecule has 1 aromatic rings. The Hall–Kier alpha value is -1.68. The van der Waals surface area contributed by atoms with Crippen molar-refractivity contribution in [2.75, 3.05) is 6.54 Å². The molecule has 4 heteroatoms. The van der Waals surface area contributed by atoms with E-state index >= 15 is 0 Å². The van der Waals surface area contributed by atoms with Crippen molar-refractivity contribution in [2.24, 2.45) is 5.73 Å². The zero-order chi connectivity index (χ0) is 10.4. The van der Waals surface area contributed by atoms with Gasteiger partial charge < -0.3 is 5.73 Å². The second-order valence-electron chi connectivity index (χ2n) is 2.83. The summed E-state index contributed by atoms with van der Waals surface area (Å²) in [5.41, 5.74) is 6.25. The lowest BCUT2D eigenvalue weighted by atomic mass is 10.2. The minimum absolute atomic E-state index is 0.111. The summed E-state index contributed by atoms with van der Waals surface area (Å²) in [6, 6.07) is 6.49. The lowest BCUT2D eigenvalue weighted by Gasteiger charge is -1.93. The van der Waals surface area contributed by atoms with Gasteiger partial charge in [-0.3, -0.25) is 10.1 Å². The van der Waals surface area contributed by atoms with Gasteiger partial charge in [-0.1, -0.05) is 24.3 Å². The van der Waals surface area contributed by atoms with E-state index in [4.69, 9.17) is 5.73 Å².